The van der Waals surface area contributed by atoms with Crippen molar-refractivity contribution in [2.24, 2.45) is 0 Å². The number of hydrogen-bond donors (Lipinski definition) is 0. The number of rotatable bonds is 4. The van der Waals surface area contributed by atoms with E-state index in [9.17, 15) is 4.79 Å². The van der Waals surface area contributed by atoms with Gasteiger partial charge >= 0.3 is 0 Å². The SMILES string of the molecule is CC(C)c1ccc(CN(C)C=O)nc1. The van der Waals surface area contributed by atoms with Crippen LogP contribution in [0.4, 0.5) is 0 Å². The average molecular weight is 192 g/mol. The molecule has 0 bridgehead atoms. The summed E-state index contributed by atoms with van der Waals surface area (Å²) in [4.78, 5) is 16.2. The Morgan fingerprint density at radius 2 is 2.21 bits per heavy atom. The maximum atomic E-state index is 10.4. The Morgan fingerprint density at radius 3 is 2.64 bits per heavy atom. The van der Waals surface area contributed by atoms with Gasteiger partial charge in [-0.15, -0.1) is 0 Å². The van der Waals surface area contributed by atoms with Gasteiger partial charge in [0, 0.05) is 13.2 Å². The maximum Gasteiger partial charge on any atom is 0.209 e. The van der Waals surface area contributed by atoms with Gasteiger partial charge in [0.1, 0.15) is 0 Å². The van der Waals surface area contributed by atoms with E-state index >= 15 is 0 Å². The van der Waals surface area contributed by atoms with Gasteiger partial charge in [-0.3, -0.25) is 9.78 Å². The predicted molar refractivity (Wildman–Crippen MR) is 55.9 cm³/mol. The number of carbonyl (C=O) groups excluding carboxylic acids is 1. The lowest BCUT2D eigenvalue weighted by molar-refractivity contribution is -0.117. The molecule has 1 amide bonds. The normalized spacial score (nSPS) is 10.3. The molecule has 1 aromatic rings. The van der Waals surface area contributed by atoms with Crippen LogP contribution in [0.25, 0.3) is 0 Å². The Kier molecular flexibility index (Phi) is 3.63. The van der Waals surface area contributed by atoms with Crippen LogP contribution in [0.5, 0.6) is 0 Å². The van der Waals surface area contributed by atoms with E-state index in [1.165, 1.54) is 5.56 Å². The number of nitrogens with zero attached hydrogens (tertiary/aromatic N) is 2. The third kappa shape index (κ3) is 2.83. The number of hydrogen-bond acceptors (Lipinski definition) is 2. The molecule has 0 N–H and O–H groups in total. The van der Waals surface area contributed by atoms with Crippen molar-refractivity contribution < 1.29 is 4.79 Å². The van der Waals surface area contributed by atoms with Crippen LogP contribution in [0.3, 0.4) is 0 Å². The zero-order chi connectivity index (χ0) is 10.6. The number of amides is 1. The number of pyridine rings is 1. The van der Waals surface area contributed by atoms with Crippen LogP contribution in [0.2, 0.25) is 0 Å². The molecule has 0 fully saturated rings. The lowest BCUT2D eigenvalue weighted by Gasteiger charge is -2.10. The highest BCUT2D eigenvalue weighted by atomic mass is 16.1. The van der Waals surface area contributed by atoms with Crippen molar-refractivity contribution in [1.29, 1.82) is 0 Å². The molecule has 1 heterocycles. The van der Waals surface area contributed by atoms with Gasteiger partial charge < -0.3 is 4.90 Å². The standard InChI is InChI=1S/C11H16N2O/c1-9(2)10-4-5-11(12-6-10)7-13(3)8-14/h4-6,8-9H,7H2,1-3H3. The van der Waals surface area contributed by atoms with E-state index in [-0.39, 0.29) is 0 Å². The van der Waals surface area contributed by atoms with Crippen molar-refractivity contribution in [3.63, 3.8) is 0 Å². The van der Waals surface area contributed by atoms with Gasteiger partial charge in [-0.25, -0.2) is 0 Å². The minimum atomic E-state index is 0.500. The topological polar surface area (TPSA) is 33.2 Å². The van der Waals surface area contributed by atoms with Crippen molar-refractivity contribution in [2.45, 2.75) is 26.3 Å². The minimum Gasteiger partial charge on any atom is -0.342 e. The smallest absolute Gasteiger partial charge is 0.209 e. The highest BCUT2D eigenvalue weighted by Gasteiger charge is 2.01. The Labute approximate surface area is 84.8 Å². The Bertz CT molecular complexity index is 293. The zero-order valence-electron chi connectivity index (χ0n) is 8.90. The van der Waals surface area contributed by atoms with Crippen molar-refractivity contribution >= 4 is 6.41 Å². The minimum absolute atomic E-state index is 0.500. The molecule has 0 unspecified atom stereocenters. The molecule has 0 aromatic carbocycles. The fraction of sp³-hybridized carbons (Fsp3) is 0.455. The molecule has 0 radical (unpaired) electrons. The molecule has 0 aliphatic heterocycles. The lowest BCUT2D eigenvalue weighted by atomic mass is 10.1. The van der Waals surface area contributed by atoms with E-state index in [2.05, 4.69) is 24.9 Å². The van der Waals surface area contributed by atoms with E-state index in [1.807, 2.05) is 12.3 Å². The molecule has 3 heteroatoms. The van der Waals surface area contributed by atoms with Crippen LogP contribution < -0.4 is 0 Å². The summed E-state index contributed by atoms with van der Waals surface area (Å²) in [5, 5.41) is 0. The molecule has 76 valence electrons. The number of aromatic nitrogens is 1. The van der Waals surface area contributed by atoms with Gasteiger partial charge in [-0.2, -0.15) is 0 Å². The molecule has 0 aliphatic rings. The quantitative estimate of drug-likeness (QED) is 0.681. The van der Waals surface area contributed by atoms with E-state index in [0.29, 0.717) is 12.5 Å². The van der Waals surface area contributed by atoms with Gasteiger partial charge in [-0.05, 0) is 17.5 Å². The summed E-state index contributed by atoms with van der Waals surface area (Å²) in [6.07, 6.45) is 2.68. The second-order valence-corrected chi connectivity index (χ2v) is 3.76. The van der Waals surface area contributed by atoms with Crippen LogP contribution in [-0.2, 0) is 11.3 Å². The molecule has 3 nitrogen and oxygen atoms in total. The average Bonchev–Trinajstić information content (AvgIpc) is 2.18. The van der Waals surface area contributed by atoms with Gasteiger partial charge in [0.05, 0.1) is 12.2 Å². The summed E-state index contributed by atoms with van der Waals surface area (Å²) in [5.41, 5.74) is 2.14. The monoisotopic (exact) mass is 192 g/mol. The summed E-state index contributed by atoms with van der Waals surface area (Å²) in [6.45, 7) is 4.84. The second-order valence-electron chi connectivity index (χ2n) is 3.76. The summed E-state index contributed by atoms with van der Waals surface area (Å²) in [5.74, 6) is 0.500. The summed E-state index contributed by atoms with van der Waals surface area (Å²) >= 11 is 0. The van der Waals surface area contributed by atoms with E-state index in [4.69, 9.17) is 0 Å². The molecular weight excluding hydrogens is 176 g/mol. The molecule has 0 aliphatic carbocycles. The fourth-order valence-electron chi connectivity index (χ4n) is 1.16. The van der Waals surface area contributed by atoms with Crippen molar-refractivity contribution in [1.82, 2.24) is 9.88 Å². The summed E-state index contributed by atoms with van der Waals surface area (Å²) in [7, 11) is 1.74. The Hall–Kier alpha value is -1.38. The summed E-state index contributed by atoms with van der Waals surface area (Å²) in [6, 6.07) is 4.03. The molecule has 1 rings (SSSR count). The third-order valence-corrected chi connectivity index (χ3v) is 2.11. The second kappa shape index (κ2) is 4.74. The van der Waals surface area contributed by atoms with Gasteiger partial charge in [0.15, 0.2) is 0 Å². The van der Waals surface area contributed by atoms with Gasteiger partial charge in [0.2, 0.25) is 6.41 Å². The Balaban J connectivity index is 2.68. The van der Waals surface area contributed by atoms with E-state index in [1.54, 1.807) is 11.9 Å². The maximum absolute atomic E-state index is 10.4. The lowest BCUT2D eigenvalue weighted by Crippen LogP contribution is -2.15. The van der Waals surface area contributed by atoms with Crippen molar-refractivity contribution in [3.8, 4) is 0 Å². The van der Waals surface area contributed by atoms with Crippen LogP contribution in [0, 0.1) is 0 Å². The molecule has 0 saturated heterocycles. The molecule has 0 saturated carbocycles. The van der Waals surface area contributed by atoms with Gasteiger partial charge in [0.25, 0.3) is 0 Å². The third-order valence-electron chi connectivity index (χ3n) is 2.11. The molecule has 0 spiro atoms. The predicted octanol–water partition coefficient (Wildman–Crippen LogP) is 1.79. The first-order chi connectivity index (χ1) is 6.63. The zero-order valence-corrected chi connectivity index (χ0v) is 8.90. The molecule has 0 atom stereocenters. The highest BCUT2D eigenvalue weighted by Crippen LogP contribution is 2.12. The molecule has 1 aromatic heterocycles. The highest BCUT2D eigenvalue weighted by molar-refractivity contribution is 5.46. The van der Waals surface area contributed by atoms with Crippen LogP contribution in [0.1, 0.15) is 31.0 Å². The molecule has 14 heavy (non-hydrogen) atoms. The Morgan fingerprint density at radius 1 is 1.50 bits per heavy atom. The summed E-state index contributed by atoms with van der Waals surface area (Å²) < 4.78 is 0. The van der Waals surface area contributed by atoms with E-state index < -0.39 is 0 Å². The number of carbonyl (C=O) groups is 1. The van der Waals surface area contributed by atoms with Crippen molar-refractivity contribution in [3.05, 3.63) is 29.6 Å². The van der Waals surface area contributed by atoms with Crippen LogP contribution >= 0.6 is 0 Å². The first-order valence-corrected chi connectivity index (χ1v) is 4.74. The fourth-order valence-corrected chi connectivity index (χ4v) is 1.16. The first kappa shape index (κ1) is 10.7. The first-order valence-electron chi connectivity index (χ1n) is 4.74. The molecular formula is C11H16N2O. The largest absolute Gasteiger partial charge is 0.342 e. The van der Waals surface area contributed by atoms with Crippen LogP contribution in [0.15, 0.2) is 18.3 Å². The van der Waals surface area contributed by atoms with Gasteiger partial charge in [-0.1, -0.05) is 19.9 Å². The van der Waals surface area contributed by atoms with E-state index in [0.717, 1.165) is 12.1 Å². The van der Waals surface area contributed by atoms with Crippen molar-refractivity contribution in [2.75, 3.05) is 7.05 Å². The van der Waals surface area contributed by atoms with Crippen LogP contribution in [-0.4, -0.2) is 23.3 Å².